The lowest BCUT2D eigenvalue weighted by atomic mass is 9.86. The van der Waals surface area contributed by atoms with Gasteiger partial charge in [0.05, 0.1) is 11.6 Å². The highest BCUT2D eigenvalue weighted by Gasteiger charge is 2.22. The van der Waals surface area contributed by atoms with Crippen molar-refractivity contribution in [2.45, 2.75) is 38.6 Å². The molecule has 1 aromatic heterocycles. The Labute approximate surface area is 201 Å². The summed E-state index contributed by atoms with van der Waals surface area (Å²) in [5.41, 5.74) is 3.02. The molecular weight excluding hydrogens is 486 g/mol. The molecule has 1 atom stereocenters. The van der Waals surface area contributed by atoms with Crippen molar-refractivity contribution in [1.82, 2.24) is 15.3 Å². The molecule has 0 aliphatic rings. The second-order valence-corrected chi connectivity index (χ2v) is 9.50. The van der Waals surface area contributed by atoms with E-state index in [2.05, 4.69) is 52.0 Å². The van der Waals surface area contributed by atoms with Gasteiger partial charge in [0.15, 0.2) is 5.82 Å². The summed E-state index contributed by atoms with van der Waals surface area (Å²) in [5, 5.41) is 12.3. The smallest absolute Gasteiger partial charge is 0.326 e. The molecule has 2 aromatic carbocycles. The first kappa shape index (κ1) is 24.4. The maximum absolute atomic E-state index is 12.6. The second kappa shape index (κ2) is 10.1. The molecule has 0 radical (unpaired) electrons. The maximum Gasteiger partial charge on any atom is 0.326 e. The Morgan fingerprint density at radius 3 is 2.27 bits per heavy atom. The molecule has 0 bridgehead atoms. The van der Waals surface area contributed by atoms with Crippen LogP contribution in [0.4, 0.5) is 0 Å². The van der Waals surface area contributed by atoms with Crippen molar-refractivity contribution in [3.8, 4) is 17.3 Å². The lowest BCUT2D eigenvalue weighted by molar-refractivity contribution is -0.139. The number of nitrogens with one attached hydrogen (secondary N) is 1. The van der Waals surface area contributed by atoms with Gasteiger partial charge in [0.2, 0.25) is 5.88 Å². The van der Waals surface area contributed by atoms with Crippen LogP contribution in [-0.2, 0) is 16.6 Å². The summed E-state index contributed by atoms with van der Waals surface area (Å²) < 4.78 is 5.85. The molecule has 1 heterocycles. The van der Waals surface area contributed by atoms with Crippen LogP contribution >= 0.6 is 15.9 Å². The number of rotatable bonds is 7. The molecule has 0 aliphatic heterocycles. The van der Waals surface area contributed by atoms with E-state index in [1.807, 2.05) is 24.3 Å². The first-order valence-electron chi connectivity index (χ1n) is 10.4. The largest absolute Gasteiger partial charge is 0.480 e. The fourth-order valence-electron chi connectivity index (χ4n) is 3.22. The van der Waals surface area contributed by atoms with Crippen LogP contribution in [0.1, 0.15) is 42.3 Å². The van der Waals surface area contributed by atoms with Crippen molar-refractivity contribution < 1.29 is 19.4 Å². The Morgan fingerprint density at radius 1 is 1.09 bits per heavy atom. The highest BCUT2D eigenvalue weighted by atomic mass is 79.9. The molecule has 7 nitrogen and oxygen atoms in total. The van der Waals surface area contributed by atoms with Crippen LogP contribution < -0.4 is 10.1 Å². The van der Waals surface area contributed by atoms with E-state index in [4.69, 9.17) is 4.74 Å². The van der Waals surface area contributed by atoms with Gasteiger partial charge >= 0.3 is 5.97 Å². The summed E-state index contributed by atoms with van der Waals surface area (Å²) in [6, 6.07) is 13.4. The second-order valence-electron chi connectivity index (χ2n) is 8.64. The molecule has 0 fully saturated rings. The summed E-state index contributed by atoms with van der Waals surface area (Å²) >= 11 is 3.32. The van der Waals surface area contributed by atoms with E-state index in [1.165, 1.54) is 7.11 Å². The first-order chi connectivity index (χ1) is 15.6. The van der Waals surface area contributed by atoms with Crippen molar-refractivity contribution in [2.24, 2.45) is 0 Å². The van der Waals surface area contributed by atoms with Crippen LogP contribution in [0.5, 0.6) is 5.88 Å². The van der Waals surface area contributed by atoms with Crippen molar-refractivity contribution in [1.29, 1.82) is 0 Å². The van der Waals surface area contributed by atoms with Crippen LogP contribution in [0.2, 0.25) is 0 Å². The van der Waals surface area contributed by atoms with Crippen molar-refractivity contribution in [3.05, 3.63) is 75.9 Å². The zero-order valence-electron chi connectivity index (χ0n) is 18.9. The number of aromatic nitrogens is 2. The van der Waals surface area contributed by atoms with E-state index in [-0.39, 0.29) is 11.8 Å². The first-order valence-corrected chi connectivity index (χ1v) is 11.2. The Morgan fingerprint density at radius 2 is 1.73 bits per heavy atom. The van der Waals surface area contributed by atoms with Gasteiger partial charge < -0.3 is 15.2 Å². The number of carbonyl (C=O) groups is 2. The summed E-state index contributed by atoms with van der Waals surface area (Å²) in [7, 11) is 1.53. The fraction of sp³-hybridized carbons (Fsp3) is 0.280. The SMILES string of the molecule is COc1nc(-c2ccc(C[C@H](NC(=O)c3ccc(C(C)(C)C)cc3)C(=O)O)cc2)ncc1Br. The zero-order chi connectivity index (χ0) is 24.2. The van der Waals surface area contributed by atoms with Crippen molar-refractivity contribution in [3.63, 3.8) is 0 Å². The minimum atomic E-state index is -1.10. The molecule has 3 rings (SSSR count). The average Bonchev–Trinajstić information content (AvgIpc) is 2.79. The Hall–Kier alpha value is -3.26. The van der Waals surface area contributed by atoms with E-state index < -0.39 is 17.9 Å². The number of hydrogen-bond donors (Lipinski definition) is 2. The highest BCUT2D eigenvalue weighted by Crippen LogP contribution is 2.25. The molecule has 8 heteroatoms. The van der Waals surface area contributed by atoms with E-state index in [1.54, 1.807) is 30.5 Å². The molecule has 172 valence electrons. The highest BCUT2D eigenvalue weighted by molar-refractivity contribution is 9.10. The molecular formula is C25H26BrN3O4. The fourth-order valence-corrected chi connectivity index (χ4v) is 3.58. The molecule has 1 amide bonds. The molecule has 0 unspecified atom stereocenters. The van der Waals surface area contributed by atoms with E-state index in [9.17, 15) is 14.7 Å². The Balaban J connectivity index is 1.71. The quantitative estimate of drug-likeness (QED) is 0.479. The van der Waals surface area contributed by atoms with E-state index in [0.29, 0.717) is 21.7 Å². The molecule has 0 saturated heterocycles. The molecule has 2 N–H and O–H groups in total. The summed E-state index contributed by atoms with van der Waals surface area (Å²) in [4.78, 5) is 33.0. The topological polar surface area (TPSA) is 101 Å². The predicted octanol–water partition coefficient (Wildman–Crippen LogP) is 4.64. The van der Waals surface area contributed by atoms with Crippen LogP contribution in [-0.4, -0.2) is 40.1 Å². The van der Waals surface area contributed by atoms with Crippen LogP contribution in [0, 0.1) is 0 Å². The van der Waals surface area contributed by atoms with Crippen LogP contribution in [0.3, 0.4) is 0 Å². The maximum atomic E-state index is 12.6. The zero-order valence-corrected chi connectivity index (χ0v) is 20.5. The van der Waals surface area contributed by atoms with E-state index in [0.717, 1.165) is 16.7 Å². The number of carboxylic acids is 1. The van der Waals surface area contributed by atoms with Gasteiger partial charge in [-0.15, -0.1) is 0 Å². The number of benzene rings is 2. The molecule has 0 aliphatic carbocycles. The van der Waals surface area contributed by atoms with Gasteiger partial charge in [-0.2, -0.15) is 4.98 Å². The van der Waals surface area contributed by atoms with Gasteiger partial charge in [-0.3, -0.25) is 4.79 Å². The third-order valence-corrected chi connectivity index (χ3v) is 5.72. The Bertz CT molecular complexity index is 1140. The molecule has 3 aromatic rings. The summed E-state index contributed by atoms with van der Waals surface area (Å²) in [6.07, 6.45) is 1.76. The number of aliphatic carboxylic acids is 1. The third-order valence-electron chi connectivity index (χ3n) is 5.17. The van der Waals surface area contributed by atoms with Gasteiger partial charge in [0.1, 0.15) is 6.04 Å². The van der Waals surface area contributed by atoms with Crippen molar-refractivity contribution in [2.75, 3.05) is 7.11 Å². The number of ether oxygens (including phenoxy) is 1. The van der Waals surface area contributed by atoms with Gasteiger partial charge in [-0.05, 0) is 44.6 Å². The van der Waals surface area contributed by atoms with Gasteiger partial charge in [-0.1, -0.05) is 57.2 Å². The van der Waals surface area contributed by atoms with Gasteiger partial charge in [0, 0.05) is 23.7 Å². The van der Waals surface area contributed by atoms with Crippen LogP contribution in [0.15, 0.2) is 59.2 Å². The Kier molecular flexibility index (Phi) is 7.48. The number of nitrogens with zero attached hydrogens (tertiary/aromatic N) is 2. The summed E-state index contributed by atoms with van der Waals surface area (Å²) in [5.74, 6) is -0.605. The summed E-state index contributed by atoms with van der Waals surface area (Å²) in [6.45, 7) is 6.27. The minimum absolute atomic E-state index is 0.0306. The number of amides is 1. The van der Waals surface area contributed by atoms with Gasteiger partial charge in [-0.25, -0.2) is 9.78 Å². The predicted molar refractivity (Wildman–Crippen MR) is 129 cm³/mol. The lowest BCUT2D eigenvalue weighted by Crippen LogP contribution is -2.42. The number of hydrogen-bond acceptors (Lipinski definition) is 5. The molecule has 33 heavy (non-hydrogen) atoms. The average molecular weight is 512 g/mol. The molecule has 0 saturated carbocycles. The lowest BCUT2D eigenvalue weighted by Gasteiger charge is -2.19. The van der Waals surface area contributed by atoms with Crippen molar-refractivity contribution >= 4 is 27.8 Å². The number of carbonyl (C=O) groups excluding carboxylic acids is 1. The third kappa shape index (κ3) is 6.16. The standard InChI is InChI=1S/C25H26BrN3O4/c1-25(2,3)18-11-9-17(10-12-18)22(30)28-20(24(31)32)13-15-5-7-16(8-6-15)21-27-14-19(26)23(29-21)33-4/h5-12,14,20H,13H2,1-4H3,(H,28,30)(H,31,32)/t20-/m0/s1. The normalized spacial score (nSPS) is 12.2. The molecule has 0 spiro atoms. The number of methoxy groups -OCH3 is 1. The van der Waals surface area contributed by atoms with Gasteiger partial charge in [0.25, 0.3) is 5.91 Å². The van der Waals surface area contributed by atoms with E-state index >= 15 is 0 Å². The minimum Gasteiger partial charge on any atom is -0.480 e. The number of halogens is 1. The monoisotopic (exact) mass is 511 g/mol. The van der Waals surface area contributed by atoms with Crippen LogP contribution in [0.25, 0.3) is 11.4 Å². The number of carboxylic acid groups (broad SMARTS) is 1.